The second-order valence-corrected chi connectivity index (χ2v) is 7.31. The van der Waals surface area contributed by atoms with Crippen molar-refractivity contribution in [1.29, 1.82) is 0 Å². The van der Waals surface area contributed by atoms with Crippen LogP contribution in [0.1, 0.15) is 11.1 Å². The SMILES string of the molecule is O=C1C=C[C@@H](Nc2ccc(Br)cc2)C1(c1ccccc1)c1ccccc1. The van der Waals surface area contributed by atoms with Crippen molar-refractivity contribution in [1.82, 2.24) is 0 Å². The normalized spacial score (nSPS) is 18.0. The number of carbonyl (C=O) groups is 1. The number of halogens is 1. The number of ketones is 1. The van der Waals surface area contributed by atoms with Gasteiger partial charge in [0.2, 0.25) is 0 Å². The van der Waals surface area contributed by atoms with E-state index in [1.165, 1.54) is 0 Å². The van der Waals surface area contributed by atoms with Crippen molar-refractivity contribution < 1.29 is 4.79 Å². The smallest absolute Gasteiger partial charge is 0.172 e. The third kappa shape index (κ3) is 2.78. The summed E-state index contributed by atoms with van der Waals surface area (Å²) in [5, 5.41) is 3.56. The Kier molecular flexibility index (Phi) is 4.48. The summed E-state index contributed by atoms with van der Waals surface area (Å²) in [5.41, 5.74) is 2.20. The fraction of sp³-hybridized carbons (Fsp3) is 0.0870. The van der Waals surface area contributed by atoms with Crippen molar-refractivity contribution in [3.63, 3.8) is 0 Å². The Bertz CT molecular complexity index is 893. The molecule has 0 radical (unpaired) electrons. The summed E-state index contributed by atoms with van der Waals surface area (Å²) in [4.78, 5) is 13.2. The van der Waals surface area contributed by atoms with E-state index in [0.717, 1.165) is 21.3 Å². The van der Waals surface area contributed by atoms with Gasteiger partial charge in [-0.2, -0.15) is 0 Å². The number of carbonyl (C=O) groups excluding carboxylic acids is 1. The Hall–Kier alpha value is -2.65. The highest BCUT2D eigenvalue weighted by atomic mass is 79.9. The predicted molar refractivity (Wildman–Crippen MR) is 109 cm³/mol. The largest absolute Gasteiger partial charge is 0.377 e. The first-order valence-corrected chi connectivity index (χ1v) is 9.36. The molecule has 0 saturated heterocycles. The fourth-order valence-electron chi connectivity index (χ4n) is 3.71. The third-order valence-electron chi connectivity index (χ3n) is 4.92. The molecule has 3 heteroatoms. The molecule has 0 aromatic heterocycles. The van der Waals surface area contributed by atoms with Crippen LogP contribution in [-0.2, 0) is 10.2 Å². The average molecular weight is 404 g/mol. The molecule has 0 heterocycles. The first kappa shape index (κ1) is 16.8. The predicted octanol–water partition coefficient (Wildman–Crippen LogP) is 5.35. The molecule has 128 valence electrons. The number of benzene rings is 3. The molecule has 1 atom stereocenters. The summed E-state index contributed by atoms with van der Waals surface area (Å²) in [6, 6.07) is 27.9. The lowest BCUT2D eigenvalue weighted by Crippen LogP contribution is -2.46. The lowest BCUT2D eigenvalue weighted by molar-refractivity contribution is -0.117. The van der Waals surface area contributed by atoms with Crippen molar-refractivity contribution in [2.45, 2.75) is 11.5 Å². The quantitative estimate of drug-likeness (QED) is 0.635. The zero-order valence-corrected chi connectivity index (χ0v) is 15.7. The molecule has 1 aliphatic rings. The zero-order valence-electron chi connectivity index (χ0n) is 14.1. The molecule has 4 rings (SSSR count). The van der Waals surface area contributed by atoms with Gasteiger partial charge < -0.3 is 5.32 Å². The van der Waals surface area contributed by atoms with Gasteiger partial charge in [0.1, 0.15) is 5.41 Å². The number of nitrogens with one attached hydrogen (secondary N) is 1. The van der Waals surface area contributed by atoms with Crippen LogP contribution in [0.25, 0.3) is 0 Å². The molecule has 3 aromatic rings. The summed E-state index contributed by atoms with van der Waals surface area (Å²) < 4.78 is 1.03. The van der Waals surface area contributed by atoms with Crippen LogP contribution in [-0.4, -0.2) is 11.8 Å². The minimum absolute atomic E-state index is 0.101. The lowest BCUT2D eigenvalue weighted by atomic mass is 9.69. The zero-order chi connectivity index (χ0) is 18.0. The van der Waals surface area contributed by atoms with Crippen LogP contribution < -0.4 is 5.32 Å². The second kappa shape index (κ2) is 6.93. The van der Waals surface area contributed by atoms with Crippen LogP contribution in [0, 0.1) is 0 Å². The maximum absolute atomic E-state index is 13.2. The van der Waals surface area contributed by atoms with Crippen molar-refractivity contribution in [3.05, 3.63) is 113 Å². The van der Waals surface area contributed by atoms with Crippen molar-refractivity contribution in [3.8, 4) is 0 Å². The van der Waals surface area contributed by atoms with Gasteiger partial charge in [-0.1, -0.05) is 82.7 Å². The van der Waals surface area contributed by atoms with E-state index in [-0.39, 0.29) is 11.8 Å². The van der Waals surface area contributed by atoms with Crippen molar-refractivity contribution in [2.75, 3.05) is 5.32 Å². The molecule has 0 amide bonds. The number of rotatable bonds is 4. The summed E-state index contributed by atoms with van der Waals surface area (Å²) in [6.07, 6.45) is 3.68. The van der Waals surface area contributed by atoms with E-state index < -0.39 is 5.41 Å². The van der Waals surface area contributed by atoms with Crippen LogP contribution in [0.4, 0.5) is 5.69 Å². The van der Waals surface area contributed by atoms with Gasteiger partial charge in [-0.05, 0) is 41.5 Å². The highest BCUT2D eigenvalue weighted by Gasteiger charge is 2.49. The Morgan fingerprint density at radius 2 is 1.31 bits per heavy atom. The topological polar surface area (TPSA) is 29.1 Å². The lowest BCUT2D eigenvalue weighted by Gasteiger charge is -2.36. The number of hydrogen-bond acceptors (Lipinski definition) is 2. The molecule has 1 aliphatic carbocycles. The number of anilines is 1. The van der Waals surface area contributed by atoms with Gasteiger partial charge >= 0.3 is 0 Å². The standard InChI is InChI=1S/C23H18BrNO/c24-19-11-13-20(14-12-19)25-21-15-16-22(26)23(21,17-7-3-1-4-8-17)18-9-5-2-6-10-18/h1-16,21,25H/t21-/m1/s1. The summed E-state index contributed by atoms with van der Waals surface area (Å²) in [5.74, 6) is 0.101. The van der Waals surface area contributed by atoms with Gasteiger partial charge in [-0.3, -0.25) is 4.79 Å². The van der Waals surface area contributed by atoms with Gasteiger partial charge in [0.25, 0.3) is 0 Å². The molecule has 2 nitrogen and oxygen atoms in total. The van der Waals surface area contributed by atoms with Gasteiger partial charge in [0.05, 0.1) is 6.04 Å². The van der Waals surface area contributed by atoms with Gasteiger partial charge in [0, 0.05) is 10.2 Å². The van der Waals surface area contributed by atoms with Crippen LogP contribution >= 0.6 is 15.9 Å². The van der Waals surface area contributed by atoms with E-state index in [0.29, 0.717) is 0 Å². The van der Waals surface area contributed by atoms with E-state index >= 15 is 0 Å². The number of hydrogen-bond donors (Lipinski definition) is 1. The Morgan fingerprint density at radius 1 is 0.769 bits per heavy atom. The molecule has 0 aliphatic heterocycles. The molecule has 3 aromatic carbocycles. The Morgan fingerprint density at radius 3 is 1.85 bits per heavy atom. The minimum atomic E-state index is -0.768. The monoisotopic (exact) mass is 403 g/mol. The maximum Gasteiger partial charge on any atom is 0.172 e. The Balaban J connectivity index is 1.85. The maximum atomic E-state index is 13.2. The third-order valence-corrected chi connectivity index (χ3v) is 5.45. The fourth-order valence-corrected chi connectivity index (χ4v) is 3.97. The minimum Gasteiger partial charge on any atom is -0.377 e. The van der Waals surface area contributed by atoms with Gasteiger partial charge in [0.15, 0.2) is 5.78 Å². The molecular weight excluding hydrogens is 386 g/mol. The molecule has 0 fully saturated rings. The molecule has 26 heavy (non-hydrogen) atoms. The van der Waals surface area contributed by atoms with E-state index in [1.54, 1.807) is 6.08 Å². The average Bonchev–Trinajstić information content (AvgIpc) is 3.02. The molecule has 1 N–H and O–H groups in total. The first-order valence-electron chi connectivity index (χ1n) is 8.57. The van der Waals surface area contributed by atoms with E-state index in [4.69, 9.17) is 0 Å². The Labute approximate surface area is 161 Å². The van der Waals surface area contributed by atoms with Crippen molar-refractivity contribution in [2.24, 2.45) is 0 Å². The van der Waals surface area contributed by atoms with E-state index in [2.05, 4.69) is 21.2 Å². The highest BCUT2D eigenvalue weighted by Crippen LogP contribution is 2.42. The van der Waals surface area contributed by atoms with Crippen LogP contribution in [0.15, 0.2) is 102 Å². The van der Waals surface area contributed by atoms with Gasteiger partial charge in [-0.15, -0.1) is 0 Å². The summed E-state index contributed by atoms with van der Waals surface area (Å²) >= 11 is 3.47. The highest BCUT2D eigenvalue weighted by molar-refractivity contribution is 9.10. The van der Waals surface area contributed by atoms with E-state index in [9.17, 15) is 4.79 Å². The van der Waals surface area contributed by atoms with Crippen molar-refractivity contribution >= 4 is 27.4 Å². The molecule has 0 bridgehead atoms. The van der Waals surface area contributed by atoms with Crippen LogP contribution in [0.3, 0.4) is 0 Å². The first-order chi connectivity index (χ1) is 12.7. The van der Waals surface area contributed by atoms with Crippen LogP contribution in [0.5, 0.6) is 0 Å². The van der Waals surface area contributed by atoms with E-state index in [1.807, 2.05) is 91.0 Å². The molecule has 0 saturated carbocycles. The number of allylic oxidation sites excluding steroid dienone is 1. The summed E-state index contributed by atoms with van der Waals surface area (Å²) in [7, 11) is 0. The summed E-state index contributed by atoms with van der Waals surface area (Å²) in [6.45, 7) is 0. The van der Waals surface area contributed by atoms with Crippen LogP contribution in [0.2, 0.25) is 0 Å². The second-order valence-electron chi connectivity index (χ2n) is 6.39. The molecule has 0 unspecified atom stereocenters. The van der Waals surface area contributed by atoms with Gasteiger partial charge in [-0.25, -0.2) is 0 Å². The molecular formula is C23H18BrNO. The molecule has 0 spiro atoms.